The third-order valence-electron chi connectivity index (χ3n) is 10.5. The number of nitriles is 1. The van der Waals surface area contributed by atoms with E-state index < -0.39 is 17.6 Å². The summed E-state index contributed by atoms with van der Waals surface area (Å²) in [5.41, 5.74) is 7.24. The lowest BCUT2D eigenvalue weighted by atomic mass is 9.97. The molecule has 0 bridgehead atoms. The lowest BCUT2D eigenvalue weighted by Crippen LogP contribution is -2.06. The zero-order valence-corrected chi connectivity index (χ0v) is 32.4. The lowest BCUT2D eigenvalue weighted by molar-refractivity contribution is 0.0692. The van der Waals surface area contributed by atoms with Crippen LogP contribution in [0.25, 0.3) is 55.9 Å². The first-order chi connectivity index (χ1) is 29.6. The Hall–Kier alpha value is -8.38. The fourth-order valence-corrected chi connectivity index (χ4v) is 7.12. The molecule has 13 nitrogen and oxygen atoms in total. The highest BCUT2D eigenvalue weighted by Gasteiger charge is 2.19. The third-order valence-corrected chi connectivity index (χ3v) is 10.5. The molecule has 61 heavy (non-hydrogen) atoms. The van der Waals surface area contributed by atoms with Crippen molar-refractivity contribution in [3.8, 4) is 28.6 Å². The van der Waals surface area contributed by atoms with Gasteiger partial charge in [0, 0.05) is 46.1 Å². The largest absolute Gasteiger partial charge is 0.478 e. The number of rotatable bonds is 7. The summed E-state index contributed by atoms with van der Waals surface area (Å²) < 4.78 is 31.5. The number of carboxylic acid groups (broad SMARTS) is 1. The summed E-state index contributed by atoms with van der Waals surface area (Å²) in [7, 11) is 0. The summed E-state index contributed by atoms with van der Waals surface area (Å²) in [6, 6.07) is 30.2. The van der Waals surface area contributed by atoms with Gasteiger partial charge in [0.2, 0.25) is 0 Å². The zero-order chi connectivity index (χ0) is 42.2. The smallest absolute Gasteiger partial charge is 0.338 e. The molecule has 2 atom stereocenters. The SMILES string of the molecule is CC(c1ccc2ncccc2c1)c1cnc2ncc(-c3ccc(C#N)c(F)c3)nn12.CC(c1ccc2ncccc2c1)c1cnc2ncc(-c3ccc(C(=O)O)c(F)c3)nn12. The number of carboxylic acids is 1. The first-order valence-electron chi connectivity index (χ1n) is 19.0. The van der Waals surface area contributed by atoms with Crippen LogP contribution in [0.2, 0.25) is 0 Å². The van der Waals surface area contributed by atoms with Crippen LogP contribution in [0.5, 0.6) is 0 Å². The molecule has 0 saturated heterocycles. The van der Waals surface area contributed by atoms with Gasteiger partial charge < -0.3 is 5.11 Å². The Kier molecular flexibility index (Phi) is 9.86. The Morgan fingerprint density at radius 1 is 0.623 bits per heavy atom. The van der Waals surface area contributed by atoms with E-state index in [9.17, 15) is 13.6 Å². The Balaban J connectivity index is 0.000000156. The van der Waals surface area contributed by atoms with Gasteiger partial charge in [-0.25, -0.2) is 42.5 Å². The van der Waals surface area contributed by atoms with Gasteiger partial charge in [-0.2, -0.15) is 15.5 Å². The quantitative estimate of drug-likeness (QED) is 0.163. The van der Waals surface area contributed by atoms with Gasteiger partial charge in [-0.3, -0.25) is 9.97 Å². The van der Waals surface area contributed by atoms with E-state index in [1.54, 1.807) is 46.1 Å². The molecule has 0 fully saturated rings. The van der Waals surface area contributed by atoms with Crippen LogP contribution in [-0.4, -0.2) is 60.2 Å². The molecule has 10 aromatic rings. The second kappa shape index (κ2) is 15.8. The molecule has 15 heteroatoms. The molecule has 0 aliphatic heterocycles. The number of carbonyl (C=O) groups is 1. The van der Waals surface area contributed by atoms with Crippen molar-refractivity contribution in [3.05, 3.63) is 180 Å². The minimum absolute atomic E-state index is 0.00415. The van der Waals surface area contributed by atoms with Gasteiger partial charge in [-0.05, 0) is 71.8 Å². The molecule has 0 spiro atoms. The van der Waals surface area contributed by atoms with Gasteiger partial charge in [0.25, 0.3) is 11.6 Å². The first kappa shape index (κ1) is 38.2. The predicted octanol–water partition coefficient (Wildman–Crippen LogP) is 8.83. The minimum Gasteiger partial charge on any atom is -0.478 e. The second-order valence-electron chi connectivity index (χ2n) is 14.2. The molecule has 10 rings (SSSR count). The molecule has 4 aromatic carbocycles. The van der Waals surface area contributed by atoms with Crippen LogP contribution in [0.1, 0.15) is 64.1 Å². The highest BCUT2D eigenvalue weighted by molar-refractivity contribution is 5.88. The summed E-state index contributed by atoms with van der Waals surface area (Å²) in [6.07, 6.45) is 10.1. The number of halogens is 2. The number of hydrogen-bond acceptors (Lipinski definition) is 10. The van der Waals surface area contributed by atoms with Crippen molar-refractivity contribution >= 4 is 39.3 Å². The fraction of sp³-hybridized carbons (Fsp3) is 0.0870. The van der Waals surface area contributed by atoms with Crippen molar-refractivity contribution in [1.29, 1.82) is 5.26 Å². The number of fused-ring (bicyclic) bond motifs is 4. The Bertz CT molecular complexity index is 3360. The van der Waals surface area contributed by atoms with Crippen molar-refractivity contribution in [2.24, 2.45) is 0 Å². The molecule has 0 radical (unpaired) electrons. The molecule has 6 heterocycles. The maximum Gasteiger partial charge on any atom is 0.338 e. The third kappa shape index (κ3) is 7.34. The fourth-order valence-electron chi connectivity index (χ4n) is 7.12. The van der Waals surface area contributed by atoms with Gasteiger partial charge in [0.1, 0.15) is 29.1 Å². The molecular formula is C46H31F2N11O2. The molecule has 1 N–H and O–H groups in total. The highest BCUT2D eigenvalue weighted by atomic mass is 19.1. The van der Waals surface area contributed by atoms with Crippen molar-refractivity contribution in [2.75, 3.05) is 0 Å². The monoisotopic (exact) mass is 807 g/mol. The second-order valence-corrected chi connectivity index (χ2v) is 14.2. The van der Waals surface area contributed by atoms with E-state index in [2.05, 4.69) is 66.1 Å². The van der Waals surface area contributed by atoms with E-state index in [-0.39, 0.29) is 23.0 Å². The predicted molar refractivity (Wildman–Crippen MR) is 223 cm³/mol. The normalized spacial score (nSPS) is 12.2. The van der Waals surface area contributed by atoms with Crippen LogP contribution >= 0.6 is 0 Å². The van der Waals surface area contributed by atoms with Crippen LogP contribution in [0.3, 0.4) is 0 Å². The molecule has 0 saturated carbocycles. The lowest BCUT2D eigenvalue weighted by Gasteiger charge is -2.12. The number of imidazole rings is 2. The van der Waals surface area contributed by atoms with E-state index in [4.69, 9.17) is 10.4 Å². The van der Waals surface area contributed by atoms with Crippen molar-refractivity contribution in [1.82, 2.24) is 49.1 Å². The minimum atomic E-state index is -1.32. The van der Waals surface area contributed by atoms with Gasteiger partial charge in [-0.1, -0.05) is 50.2 Å². The highest BCUT2D eigenvalue weighted by Crippen LogP contribution is 2.30. The number of pyridine rings is 2. The number of aromatic carboxylic acids is 1. The molecule has 2 unspecified atom stereocenters. The molecular weight excluding hydrogens is 777 g/mol. The van der Waals surface area contributed by atoms with Crippen LogP contribution in [0.4, 0.5) is 8.78 Å². The van der Waals surface area contributed by atoms with E-state index in [0.717, 1.165) is 50.4 Å². The van der Waals surface area contributed by atoms with Gasteiger partial charge in [0.15, 0.2) is 0 Å². The summed E-state index contributed by atoms with van der Waals surface area (Å²) in [5, 5.41) is 29.3. The summed E-state index contributed by atoms with van der Waals surface area (Å²) >= 11 is 0. The number of aromatic nitrogens is 10. The molecule has 0 aliphatic rings. The van der Waals surface area contributed by atoms with Crippen LogP contribution in [0.15, 0.2) is 134 Å². The van der Waals surface area contributed by atoms with E-state index >= 15 is 0 Å². The maximum atomic E-state index is 14.1. The van der Waals surface area contributed by atoms with E-state index in [1.165, 1.54) is 30.5 Å². The van der Waals surface area contributed by atoms with Gasteiger partial charge in [-0.15, -0.1) is 0 Å². The van der Waals surface area contributed by atoms with E-state index in [0.29, 0.717) is 34.1 Å². The van der Waals surface area contributed by atoms with Crippen molar-refractivity contribution < 1.29 is 18.7 Å². The summed E-state index contributed by atoms with van der Waals surface area (Å²) in [6.45, 7) is 4.13. The van der Waals surface area contributed by atoms with Gasteiger partial charge in [0.05, 0.1) is 58.3 Å². The zero-order valence-electron chi connectivity index (χ0n) is 32.4. The first-order valence-corrected chi connectivity index (χ1v) is 19.0. The topological polar surface area (TPSA) is 173 Å². The van der Waals surface area contributed by atoms with Crippen LogP contribution in [0, 0.1) is 23.0 Å². The van der Waals surface area contributed by atoms with Crippen molar-refractivity contribution in [3.63, 3.8) is 0 Å². The summed E-state index contributed by atoms with van der Waals surface area (Å²) in [5.74, 6) is -1.85. The standard InChI is InChI=1S/C23H15FN6.C23H16FN5O2/c1-14(15-6-7-20-16(9-15)3-2-8-26-20)22-13-28-23-27-12-21(29-30(22)23)17-4-5-18(11-25)19(24)10-17;1-13(14-5-7-19-15(9-14)3-2-8-25-19)21-12-27-23-26-11-20(28-29(21)23)16-4-6-17(22(30)31)18(24)10-16/h2-10,12-14H,1H3;2-13H,1H3,(H,30,31). The van der Waals surface area contributed by atoms with Crippen molar-refractivity contribution in [2.45, 2.75) is 25.7 Å². The number of nitrogens with zero attached hydrogens (tertiary/aromatic N) is 11. The Labute approximate surface area is 345 Å². The van der Waals surface area contributed by atoms with Gasteiger partial charge >= 0.3 is 5.97 Å². The van der Waals surface area contributed by atoms with E-state index in [1.807, 2.05) is 54.6 Å². The molecule has 296 valence electrons. The van der Waals surface area contributed by atoms with Crippen LogP contribution in [-0.2, 0) is 0 Å². The maximum absolute atomic E-state index is 14.1. The Morgan fingerprint density at radius 2 is 1.11 bits per heavy atom. The average molecular weight is 808 g/mol. The Morgan fingerprint density at radius 3 is 1.59 bits per heavy atom. The molecule has 0 aliphatic carbocycles. The molecule has 0 amide bonds. The molecule has 6 aromatic heterocycles. The average Bonchev–Trinajstić information content (AvgIpc) is 3.92. The summed E-state index contributed by atoms with van der Waals surface area (Å²) in [4.78, 5) is 37.2. The van der Waals surface area contributed by atoms with Crippen LogP contribution < -0.4 is 0 Å². The number of hydrogen-bond donors (Lipinski definition) is 1. The number of benzene rings is 4.